The quantitative estimate of drug-likeness (QED) is 0.423. The minimum atomic E-state index is 0.212. The lowest BCUT2D eigenvalue weighted by Crippen LogP contribution is -2.09. The molecule has 0 aliphatic carbocycles. The molecule has 0 saturated heterocycles. The van der Waals surface area contributed by atoms with Crippen molar-refractivity contribution in [2.45, 2.75) is 25.8 Å². The van der Waals surface area contributed by atoms with Crippen LogP contribution >= 0.6 is 34.2 Å². The van der Waals surface area contributed by atoms with Crippen molar-refractivity contribution >= 4 is 45.2 Å². The Morgan fingerprint density at radius 1 is 1.19 bits per heavy atom. The fraction of sp³-hybridized carbons (Fsp3) is 0.235. The van der Waals surface area contributed by atoms with Crippen LogP contribution in [0.1, 0.15) is 29.9 Å². The molecule has 0 aliphatic heterocycles. The average Bonchev–Trinajstić information content (AvgIpc) is 2.84. The van der Waals surface area contributed by atoms with Crippen LogP contribution in [0.2, 0.25) is 0 Å². The normalized spacial score (nSPS) is 12.8. The van der Waals surface area contributed by atoms with Crippen molar-refractivity contribution in [2.75, 3.05) is 0 Å². The van der Waals surface area contributed by atoms with E-state index in [-0.39, 0.29) is 6.04 Å². The van der Waals surface area contributed by atoms with E-state index in [9.17, 15) is 0 Å². The Bertz CT molecular complexity index is 777. The van der Waals surface area contributed by atoms with E-state index in [0.29, 0.717) is 5.88 Å². The van der Waals surface area contributed by atoms with Crippen molar-refractivity contribution in [2.24, 2.45) is 0 Å². The topological polar surface area (TPSA) is 17.8 Å². The molecule has 0 radical (unpaired) electrons. The molecule has 0 amide bonds. The van der Waals surface area contributed by atoms with E-state index in [0.717, 1.165) is 16.9 Å². The molecule has 0 bridgehead atoms. The van der Waals surface area contributed by atoms with Crippen LogP contribution in [0.25, 0.3) is 11.0 Å². The third kappa shape index (κ3) is 2.81. The molecular weight excluding hydrogens is 395 g/mol. The number of aryl methyl sites for hydroxylation is 1. The first-order chi connectivity index (χ1) is 10.1. The molecule has 0 spiro atoms. The Hall–Kier alpha value is -1.07. The number of aromatic nitrogens is 2. The number of fused-ring (bicyclic) bond motifs is 1. The first kappa shape index (κ1) is 14.9. The van der Waals surface area contributed by atoms with Gasteiger partial charge >= 0.3 is 0 Å². The third-order valence-electron chi connectivity index (χ3n) is 3.79. The number of hydrogen-bond acceptors (Lipinski definition) is 1. The molecule has 21 heavy (non-hydrogen) atoms. The smallest absolute Gasteiger partial charge is 0.125 e. The molecule has 3 aromatic rings. The second-order valence-corrected chi connectivity index (χ2v) is 6.76. The van der Waals surface area contributed by atoms with Crippen LogP contribution in [0, 0.1) is 10.5 Å². The highest BCUT2D eigenvalue weighted by molar-refractivity contribution is 14.1. The predicted octanol–water partition coefficient (Wildman–Crippen LogP) is 5.30. The molecule has 4 heteroatoms. The molecule has 0 N–H and O–H groups in total. The summed E-state index contributed by atoms with van der Waals surface area (Å²) < 4.78 is 3.43. The summed E-state index contributed by atoms with van der Waals surface area (Å²) in [4.78, 5) is 4.68. The largest absolute Gasteiger partial charge is 0.320 e. The molecule has 1 atom stereocenters. The van der Waals surface area contributed by atoms with E-state index in [1.54, 1.807) is 0 Å². The summed E-state index contributed by atoms with van der Waals surface area (Å²) in [5.41, 5.74) is 4.69. The summed E-state index contributed by atoms with van der Waals surface area (Å²) in [7, 11) is 0. The van der Waals surface area contributed by atoms with E-state index in [4.69, 9.17) is 11.6 Å². The van der Waals surface area contributed by atoms with Crippen molar-refractivity contribution < 1.29 is 0 Å². The standard InChI is InChI=1S/C17H16ClIN2/c1-11-3-5-13(6-4-11)12(2)21-16-8-7-14(19)9-15(16)20-17(21)10-18/h3-9,12H,10H2,1-2H3. The van der Waals surface area contributed by atoms with Crippen LogP contribution in [0.5, 0.6) is 0 Å². The Morgan fingerprint density at radius 3 is 2.57 bits per heavy atom. The van der Waals surface area contributed by atoms with Crippen molar-refractivity contribution in [1.82, 2.24) is 9.55 Å². The van der Waals surface area contributed by atoms with E-state index in [2.05, 4.69) is 88.5 Å². The van der Waals surface area contributed by atoms with Gasteiger partial charge < -0.3 is 4.57 Å². The molecule has 2 nitrogen and oxygen atoms in total. The second-order valence-electron chi connectivity index (χ2n) is 5.25. The van der Waals surface area contributed by atoms with Crippen molar-refractivity contribution in [1.29, 1.82) is 0 Å². The molecule has 1 aromatic heterocycles. The maximum atomic E-state index is 6.11. The van der Waals surface area contributed by atoms with Gasteiger partial charge in [-0.05, 0) is 60.2 Å². The van der Waals surface area contributed by atoms with E-state index < -0.39 is 0 Å². The number of benzene rings is 2. The maximum Gasteiger partial charge on any atom is 0.125 e. The van der Waals surface area contributed by atoms with Crippen LogP contribution in [0.15, 0.2) is 42.5 Å². The Balaban J connectivity index is 2.16. The average molecular weight is 411 g/mol. The minimum absolute atomic E-state index is 0.212. The SMILES string of the molecule is Cc1ccc(C(C)n2c(CCl)nc3cc(I)ccc32)cc1. The lowest BCUT2D eigenvalue weighted by Gasteiger charge is -2.17. The number of alkyl halides is 1. The fourth-order valence-corrected chi connectivity index (χ4v) is 3.31. The molecule has 0 fully saturated rings. The molecule has 1 unspecified atom stereocenters. The summed E-state index contributed by atoms with van der Waals surface area (Å²) >= 11 is 8.43. The number of imidazole rings is 1. The molecule has 1 heterocycles. The highest BCUT2D eigenvalue weighted by Crippen LogP contribution is 2.28. The Kier molecular flexibility index (Phi) is 4.22. The fourth-order valence-electron chi connectivity index (χ4n) is 2.64. The van der Waals surface area contributed by atoms with Gasteiger partial charge in [0, 0.05) is 3.57 Å². The summed E-state index contributed by atoms with van der Waals surface area (Å²) in [6.45, 7) is 4.30. The zero-order chi connectivity index (χ0) is 15.0. The summed E-state index contributed by atoms with van der Waals surface area (Å²) in [5.74, 6) is 1.34. The molecular formula is C17H16ClIN2. The van der Waals surface area contributed by atoms with Crippen LogP contribution in [-0.2, 0) is 5.88 Å². The van der Waals surface area contributed by atoms with E-state index >= 15 is 0 Å². The first-order valence-corrected chi connectivity index (χ1v) is 8.50. The number of rotatable bonds is 3. The van der Waals surface area contributed by atoms with Gasteiger partial charge in [0.2, 0.25) is 0 Å². The highest BCUT2D eigenvalue weighted by atomic mass is 127. The second kappa shape index (κ2) is 5.97. The third-order valence-corrected chi connectivity index (χ3v) is 4.70. The van der Waals surface area contributed by atoms with Gasteiger partial charge in [-0.25, -0.2) is 4.98 Å². The van der Waals surface area contributed by atoms with E-state index in [1.807, 2.05) is 0 Å². The maximum absolute atomic E-state index is 6.11. The minimum Gasteiger partial charge on any atom is -0.320 e. The van der Waals surface area contributed by atoms with Gasteiger partial charge in [0.15, 0.2) is 0 Å². The highest BCUT2D eigenvalue weighted by Gasteiger charge is 2.16. The lowest BCUT2D eigenvalue weighted by atomic mass is 10.1. The summed E-state index contributed by atoms with van der Waals surface area (Å²) in [5, 5.41) is 0. The Labute approximate surface area is 143 Å². The zero-order valence-electron chi connectivity index (χ0n) is 12.0. The monoisotopic (exact) mass is 410 g/mol. The van der Waals surface area contributed by atoms with Gasteiger partial charge in [-0.1, -0.05) is 29.8 Å². The number of halogens is 2. The lowest BCUT2D eigenvalue weighted by molar-refractivity contribution is 0.634. The zero-order valence-corrected chi connectivity index (χ0v) is 14.9. The molecule has 0 saturated carbocycles. The van der Waals surface area contributed by atoms with Crippen LogP contribution in [-0.4, -0.2) is 9.55 Å². The van der Waals surface area contributed by atoms with Gasteiger partial charge in [-0.2, -0.15) is 0 Å². The van der Waals surface area contributed by atoms with Crippen LogP contribution < -0.4 is 0 Å². The molecule has 3 rings (SSSR count). The molecule has 2 aromatic carbocycles. The number of nitrogens with zero attached hydrogens (tertiary/aromatic N) is 2. The van der Waals surface area contributed by atoms with Gasteiger partial charge in [0.25, 0.3) is 0 Å². The van der Waals surface area contributed by atoms with E-state index in [1.165, 1.54) is 14.7 Å². The van der Waals surface area contributed by atoms with Crippen molar-refractivity contribution in [3.8, 4) is 0 Å². The van der Waals surface area contributed by atoms with Gasteiger partial charge in [-0.15, -0.1) is 11.6 Å². The Morgan fingerprint density at radius 2 is 1.90 bits per heavy atom. The molecule has 0 aliphatic rings. The number of hydrogen-bond donors (Lipinski definition) is 0. The van der Waals surface area contributed by atoms with Crippen LogP contribution in [0.4, 0.5) is 0 Å². The predicted molar refractivity (Wildman–Crippen MR) is 97.0 cm³/mol. The van der Waals surface area contributed by atoms with Gasteiger partial charge in [0.1, 0.15) is 5.82 Å². The van der Waals surface area contributed by atoms with Gasteiger partial charge in [0.05, 0.1) is 23.0 Å². The van der Waals surface area contributed by atoms with Crippen molar-refractivity contribution in [3.05, 3.63) is 63.0 Å². The first-order valence-electron chi connectivity index (χ1n) is 6.89. The summed E-state index contributed by atoms with van der Waals surface area (Å²) in [6, 6.07) is 15.2. The van der Waals surface area contributed by atoms with Crippen molar-refractivity contribution in [3.63, 3.8) is 0 Å². The van der Waals surface area contributed by atoms with Crippen LogP contribution in [0.3, 0.4) is 0 Å². The summed E-state index contributed by atoms with van der Waals surface area (Å²) in [6.07, 6.45) is 0. The molecule has 108 valence electrons. The van der Waals surface area contributed by atoms with Gasteiger partial charge in [-0.3, -0.25) is 0 Å².